The second-order valence-corrected chi connectivity index (χ2v) is 7.00. The number of rotatable bonds is 17. The van der Waals surface area contributed by atoms with E-state index in [2.05, 4.69) is 20.8 Å². The van der Waals surface area contributed by atoms with Crippen LogP contribution in [0, 0.1) is 5.92 Å². The summed E-state index contributed by atoms with van der Waals surface area (Å²) in [4.78, 5) is 11.7. The highest BCUT2D eigenvalue weighted by molar-refractivity contribution is 5.69. The molecule has 0 rings (SSSR count). The third-order valence-electron chi connectivity index (χ3n) is 4.82. The van der Waals surface area contributed by atoms with Gasteiger partial charge in [-0.1, -0.05) is 97.8 Å². The van der Waals surface area contributed by atoms with Crippen LogP contribution in [0.3, 0.4) is 0 Å². The van der Waals surface area contributed by atoms with E-state index < -0.39 is 0 Å². The van der Waals surface area contributed by atoms with E-state index in [0.29, 0.717) is 13.0 Å². The number of carbonyl (C=O) groups excluding carboxylic acids is 1. The van der Waals surface area contributed by atoms with Gasteiger partial charge >= 0.3 is 5.97 Å². The predicted molar refractivity (Wildman–Crippen MR) is 101 cm³/mol. The topological polar surface area (TPSA) is 26.3 Å². The first kappa shape index (κ1) is 22.5. The highest BCUT2D eigenvalue weighted by Crippen LogP contribution is 2.17. The zero-order valence-corrected chi connectivity index (χ0v) is 16.2. The summed E-state index contributed by atoms with van der Waals surface area (Å²) in [5.41, 5.74) is 0. The van der Waals surface area contributed by atoms with Gasteiger partial charge in [0.25, 0.3) is 0 Å². The molecule has 23 heavy (non-hydrogen) atoms. The van der Waals surface area contributed by atoms with Gasteiger partial charge in [-0.25, -0.2) is 0 Å². The second-order valence-electron chi connectivity index (χ2n) is 7.00. The first-order valence-corrected chi connectivity index (χ1v) is 10.4. The number of carbonyl (C=O) groups is 1. The van der Waals surface area contributed by atoms with Gasteiger partial charge in [0.15, 0.2) is 0 Å². The van der Waals surface area contributed by atoms with Crippen LogP contribution < -0.4 is 0 Å². The molecule has 0 fully saturated rings. The van der Waals surface area contributed by atoms with Crippen molar-refractivity contribution in [1.29, 1.82) is 0 Å². The van der Waals surface area contributed by atoms with Gasteiger partial charge in [0.2, 0.25) is 0 Å². The molecule has 1 unspecified atom stereocenters. The van der Waals surface area contributed by atoms with Gasteiger partial charge in [-0.3, -0.25) is 4.79 Å². The molecule has 2 heteroatoms. The first-order chi connectivity index (χ1) is 11.2. The Hall–Kier alpha value is -0.530. The van der Waals surface area contributed by atoms with Crippen LogP contribution in [0.15, 0.2) is 0 Å². The maximum atomic E-state index is 11.7. The molecular formula is C21H42O2. The average molecular weight is 327 g/mol. The van der Waals surface area contributed by atoms with Crippen LogP contribution in [0.1, 0.15) is 117 Å². The van der Waals surface area contributed by atoms with E-state index in [0.717, 1.165) is 18.8 Å². The van der Waals surface area contributed by atoms with Crippen molar-refractivity contribution >= 4 is 5.97 Å². The Labute approximate surface area is 145 Å². The van der Waals surface area contributed by atoms with Gasteiger partial charge in [0.05, 0.1) is 6.61 Å². The number of unbranched alkanes of at least 4 members (excludes halogenated alkanes) is 9. The van der Waals surface area contributed by atoms with E-state index in [1.54, 1.807) is 0 Å². The minimum absolute atomic E-state index is 0.0123. The van der Waals surface area contributed by atoms with E-state index in [4.69, 9.17) is 4.74 Å². The summed E-state index contributed by atoms with van der Waals surface area (Å²) in [5.74, 6) is 0.744. The summed E-state index contributed by atoms with van der Waals surface area (Å²) in [6.45, 7) is 7.35. The lowest BCUT2D eigenvalue weighted by Gasteiger charge is -2.14. The van der Waals surface area contributed by atoms with E-state index in [1.165, 1.54) is 77.0 Å². The lowest BCUT2D eigenvalue weighted by Crippen LogP contribution is -2.09. The van der Waals surface area contributed by atoms with Crippen molar-refractivity contribution in [1.82, 2.24) is 0 Å². The molecule has 0 aromatic rings. The fraction of sp³-hybridized carbons (Fsp3) is 0.952. The molecule has 0 N–H and O–H groups in total. The van der Waals surface area contributed by atoms with Crippen molar-refractivity contribution in [2.24, 2.45) is 5.92 Å². The summed E-state index contributed by atoms with van der Waals surface area (Å²) in [6, 6.07) is 0. The van der Waals surface area contributed by atoms with Crippen LogP contribution in [0.25, 0.3) is 0 Å². The van der Waals surface area contributed by atoms with Gasteiger partial charge < -0.3 is 4.74 Å². The van der Waals surface area contributed by atoms with Gasteiger partial charge in [-0.2, -0.15) is 0 Å². The summed E-state index contributed by atoms with van der Waals surface area (Å²) in [6.07, 6.45) is 18.3. The van der Waals surface area contributed by atoms with Gasteiger partial charge in [-0.05, 0) is 18.8 Å². The molecule has 0 spiro atoms. The first-order valence-electron chi connectivity index (χ1n) is 10.4. The molecule has 0 saturated heterocycles. The Morgan fingerprint density at radius 1 is 0.739 bits per heavy atom. The maximum absolute atomic E-state index is 11.7. The van der Waals surface area contributed by atoms with E-state index in [9.17, 15) is 4.79 Å². The molecule has 1 atom stereocenters. The molecular weight excluding hydrogens is 284 g/mol. The second kappa shape index (κ2) is 17.8. The zero-order chi connectivity index (χ0) is 17.2. The van der Waals surface area contributed by atoms with Crippen LogP contribution in [0.4, 0.5) is 0 Å². The zero-order valence-electron chi connectivity index (χ0n) is 16.2. The molecule has 138 valence electrons. The van der Waals surface area contributed by atoms with Crippen molar-refractivity contribution in [2.45, 2.75) is 117 Å². The molecule has 0 radical (unpaired) electrons. The monoisotopic (exact) mass is 326 g/mol. The Balaban J connectivity index is 3.36. The van der Waals surface area contributed by atoms with Crippen LogP contribution in [0.2, 0.25) is 0 Å². The molecule has 0 heterocycles. The van der Waals surface area contributed by atoms with E-state index in [-0.39, 0.29) is 5.97 Å². The van der Waals surface area contributed by atoms with Gasteiger partial charge in [-0.15, -0.1) is 0 Å². The molecule has 0 aromatic heterocycles. The van der Waals surface area contributed by atoms with E-state index >= 15 is 0 Å². The molecule has 0 bridgehead atoms. The Morgan fingerprint density at radius 3 is 1.87 bits per heavy atom. The minimum Gasteiger partial charge on any atom is -0.466 e. The average Bonchev–Trinajstić information content (AvgIpc) is 2.56. The molecule has 0 aliphatic rings. The molecule has 0 aliphatic heterocycles. The van der Waals surface area contributed by atoms with Gasteiger partial charge in [0, 0.05) is 6.42 Å². The smallest absolute Gasteiger partial charge is 0.305 e. The number of esters is 1. The predicted octanol–water partition coefficient (Wildman–Crippen LogP) is 7.06. The molecule has 0 aliphatic carbocycles. The number of ether oxygens (including phenoxy) is 1. The van der Waals surface area contributed by atoms with Crippen molar-refractivity contribution in [3.63, 3.8) is 0 Å². The van der Waals surface area contributed by atoms with Crippen LogP contribution >= 0.6 is 0 Å². The van der Waals surface area contributed by atoms with Crippen LogP contribution in [0.5, 0.6) is 0 Å². The fourth-order valence-corrected chi connectivity index (χ4v) is 3.04. The maximum Gasteiger partial charge on any atom is 0.305 e. The summed E-state index contributed by atoms with van der Waals surface area (Å²) < 4.78 is 5.39. The third-order valence-corrected chi connectivity index (χ3v) is 4.82. The highest BCUT2D eigenvalue weighted by atomic mass is 16.5. The Kier molecular flexibility index (Phi) is 17.4. The normalized spacial score (nSPS) is 12.3. The Morgan fingerprint density at radius 2 is 1.30 bits per heavy atom. The fourth-order valence-electron chi connectivity index (χ4n) is 3.04. The van der Waals surface area contributed by atoms with Crippen molar-refractivity contribution < 1.29 is 9.53 Å². The summed E-state index contributed by atoms with van der Waals surface area (Å²) in [5, 5.41) is 0. The van der Waals surface area contributed by atoms with Crippen molar-refractivity contribution in [3.8, 4) is 0 Å². The molecule has 0 saturated carbocycles. The van der Waals surface area contributed by atoms with Crippen LogP contribution in [-0.4, -0.2) is 12.6 Å². The van der Waals surface area contributed by atoms with E-state index in [1.807, 2.05) is 0 Å². The minimum atomic E-state index is 0.0123. The Bertz CT molecular complexity index is 250. The van der Waals surface area contributed by atoms with Gasteiger partial charge in [0.1, 0.15) is 0 Å². The molecule has 0 amide bonds. The largest absolute Gasteiger partial charge is 0.466 e. The standard InChI is InChI=1S/C21H42O2/c1-4-7-9-10-11-12-13-14-15-17-21(22)23-19-18-20(6-3)16-8-5-2/h20H,4-19H2,1-3H3. The summed E-state index contributed by atoms with van der Waals surface area (Å²) >= 11 is 0. The molecule has 0 aromatic carbocycles. The quantitative estimate of drug-likeness (QED) is 0.211. The SMILES string of the molecule is CCCCCCCCCCCC(=O)OCCC(CC)CCCC. The van der Waals surface area contributed by atoms with Crippen LogP contribution in [-0.2, 0) is 9.53 Å². The number of hydrogen-bond acceptors (Lipinski definition) is 2. The van der Waals surface area contributed by atoms with Crippen molar-refractivity contribution in [3.05, 3.63) is 0 Å². The highest BCUT2D eigenvalue weighted by Gasteiger charge is 2.08. The van der Waals surface area contributed by atoms with Crippen molar-refractivity contribution in [2.75, 3.05) is 6.61 Å². The summed E-state index contributed by atoms with van der Waals surface area (Å²) in [7, 11) is 0. The third kappa shape index (κ3) is 16.1. The number of hydrogen-bond donors (Lipinski definition) is 0. The lowest BCUT2D eigenvalue weighted by atomic mass is 9.96. The lowest BCUT2D eigenvalue weighted by molar-refractivity contribution is -0.144. The molecule has 2 nitrogen and oxygen atoms in total.